The zero-order valence-corrected chi connectivity index (χ0v) is 15.5. The molecule has 1 aliphatic heterocycles. The number of carbonyl (C=O) groups excluding carboxylic acids is 1. The van der Waals surface area contributed by atoms with E-state index < -0.39 is 5.41 Å². The predicted octanol–water partition coefficient (Wildman–Crippen LogP) is 4.45. The first kappa shape index (κ1) is 16.8. The van der Waals surface area contributed by atoms with Gasteiger partial charge in [0.2, 0.25) is 0 Å². The summed E-state index contributed by atoms with van der Waals surface area (Å²) in [7, 11) is 0. The Kier molecular flexibility index (Phi) is 4.02. The van der Waals surface area contributed by atoms with Crippen LogP contribution >= 0.6 is 0 Å². The van der Waals surface area contributed by atoms with Crippen LogP contribution in [-0.4, -0.2) is 33.8 Å². The molecule has 0 atom stereocenters. The third-order valence-electron chi connectivity index (χ3n) is 4.94. The van der Waals surface area contributed by atoms with Gasteiger partial charge in [-0.25, -0.2) is 9.97 Å². The number of Topliss-reactive ketones (excluding diaryl/α,β-unsaturated/α-hetero) is 1. The molecule has 26 heavy (non-hydrogen) atoms. The summed E-state index contributed by atoms with van der Waals surface area (Å²) in [5, 5.41) is 0. The van der Waals surface area contributed by atoms with Crippen LogP contribution in [0.1, 0.15) is 44.0 Å². The molecule has 3 heterocycles. The molecule has 2 aromatic heterocycles. The lowest BCUT2D eigenvalue weighted by atomic mass is 9.87. The highest BCUT2D eigenvalue weighted by atomic mass is 16.1. The van der Waals surface area contributed by atoms with Crippen LogP contribution in [0.15, 0.2) is 36.7 Å². The monoisotopic (exact) mass is 348 g/mol. The maximum atomic E-state index is 12.7. The van der Waals surface area contributed by atoms with Crippen molar-refractivity contribution in [1.29, 1.82) is 0 Å². The molecule has 1 aromatic carbocycles. The first-order valence-electron chi connectivity index (χ1n) is 9.18. The van der Waals surface area contributed by atoms with Crippen molar-refractivity contribution >= 4 is 22.6 Å². The zero-order chi connectivity index (χ0) is 18.3. The molecule has 0 bridgehead atoms. The Morgan fingerprint density at radius 2 is 1.81 bits per heavy atom. The minimum atomic E-state index is -0.454. The van der Waals surface area contributed by atoms with Crippen molar-refractivity contribution < 1.29 is 4.79 Å². The Bertz CT molecular complexity index is 944. The van der Waals surface area contributed by atoms with Gasteiger partial charge in [-0.2, -0.15) is 0 Å². The van der Waals surface area contributed by atoms with E-state index in [2.05, 4.69) is 39.1 Å². The topological polar surface area (TPSA) is 61.9 Å². The molecule has 0 saturated carbocycles. The molecule has 1 saturated heterocycles. The van der Waals surface area contributed by atoms with Gasteiger partial charge in [-0.05, 0) is 25.0 Å². The van der Waals surface area contributed by atoms with Gasteiger partial charge in [0.1, 0.15) is 5.52 Å². The quantitative estimate of drug-likeness (QED) is 0.710. The number of hydrogen-bond donors (Lipinski definition) is 1. The van der Waals surface area contributed by atoms with E-state index >= 15 is 0 Å². The van der Waals surface area contributed by atoms with E-state index in [-0.39, 0.29) is 5.78 Å². The smallest absolute Gasteiger partial charge is 0.171 e. The first-order chi connectivity index (χ1) is 12.4. The van der Waals surface area contributed by atoms with Crippen molar-refractivity contribution in [2.75, 3.05) is 18.0 Å². The molecule has 5 heteroatoms. The van der Waals surface area contributed by atoms with Gasteiger partial charge in [-0.3, -0.25) is 4.79 Å². The number of benzene rings is 1. The van der Waals surface area contributed by atoms with Crippen LogP contribution in [0.2, 0.25) is 0 Å². The highest BCUT2D eigenvalue weighted by molar-refractivity contribution is 6.08. The van der Waals surface area contributed by atoms with E-state index in [4.69, 9.17) is 4.98 Å². The van der Waals surface area contributed by atoms with Crippen LogP contribution in [0.5, 0.6) is 0 Å². The summed E-state index contributed by atoms with van der Waals surface area (Å²) in [4.78, 5) is 27.4. The lowest BCUT2D eigenvalue weighted by Gasteiger charge is -2.17. The Hall–Kier alpha value is -2.69. The van der Waals surface area contributed by atoms with Crippen LogP contribution in [-0.2, 0) is 0 Å². The van der Waals surface area contributed by atoms with Gasteiger partial charge < -0.3 is 9.88 Å². The molecule has 0 unspecified atom stereocenters. The second-order valence-electron chi connectivity index (χ2n) is 7.97. The fourth-order valence-electron chi connectivity index (χ4n) is 3.43. The van der Waals surface area contributed by atoms with Crippen LogP contribution in [0.4, 0.5) is 5.69 Å². The summed E-state index contributed by atoms with van der Waals surface area (Å²) in [5.41, 5.74) is 4.50. The van der Waals surface area contributed by atoms with Crippen molar-refractivity contribution in [1.82, 2.24) is 15.0 Å². The van der Waals surface area contributed by atoms with E-state index in [0.29, 0.717) is 16.7 Å². The van der Waals surface area contributed by atoms with E-state index in [9.17, 15) is 4.79 Å². The average molecular weight is 348 g/mol. The number of fused-ring (bicyclic) bond motifs is 1. The van der Waals surface area contributed by atoms with Crippen molar-refractivity contribution in [3.8, 4) is 11.3 Å². The van der Waals surface area contributed by atoms with Crippen molar-refractivity contribution in [2.24, 2.45) is 5.41 Å². The third kappa shape index (κ3) is 2.98. The van der Waals surface area contributed by atoms with Gasteiger partial charge in [0.05, 0.1) is 17.5 Å². The maximum Gasteiger partial charge on any atom is 0.171 e. The fourth-order valence-corrected chi connectivity index (χ4v) is 3.43. The summed E-state index contributed by atoms with van der Waals surface area (Å²) in [6.45, 7) is 8.02. The van der Waals surface area contributed by atoms with E-state index in [1.807, 2.05) is 20.8 Å². The number of aromatic amines is 1. The molecular weight excluding hydrogens is 324 g/mol. The molecule has 1 aliphatic rings. The molecule has 134 valence electrons. The highest BCUT2D eigenvalue weighted by Gasteiger charge is 2.26. The van der Waals surface area contributed by atoms with E-state index in [1.165, 1.54) is 18.5 Å². The second-order valence-corrected chi connectivity index (χ2v) is 7.97. The zero-order valence-electron chi connectivity index (χ0n) is 15.5. The molecule has 0 radical (unpaired) electrons. The normalized spacial score (nSPS) is 15.0. The molecule has 1 fully saturated rings. The lowest BCUT2D eigenvalue weighted by Crippen LogP contribution is -2.20. The van der Waals surface area contributed by atoms with Crippen LogP contribution in [0, 0.1) is 5.41 Å². The number of nitrogens with one attached hydrogen (secondary N) is 1. The lowest BCUT2D eigenvalue weighted by molar-refractivity contribution is 0.0860. The number of H-pyrrole nitrogens is 1. The van der Waals surface area contributed by atoms with Crippen molar-refractivity contribution in [2.45, 2.75) is 33.6 Å². The highest BCUT2D eigenvalue weighted by Crippen LogP contribution is 2.28. The molecule has 1 N–H and O–H groups in total. The second kappa shape index (κ2) is 6.24. The molecule has 5 nitrogen and oxygen atoms in total. The van der Waals surface area contributed by atoms with Gasteiger partial charge in [0, 0.05) is 36.0 Å². The Balaban J connectivity index is 1.69. The molecule has 0 amide bonds. The van der Waals surface area contributed by atoms with E-state index in [0.717, 1.165) is 24.3 Å². The Morgan fingerprint density at radius 3 is 2.46 bits per heavy atom. The Morgan fingerprint density at radius 1 is 1.12 bits per heavy atom. The summed E-state index contributed by atoms with van der Waals surface area (Å²) in [5.74, 6) is 0.0691. The van der Waals surface area contributed by atoms with Gasteiger partial charge in [-0.1, -0.05) is 32.9 Å². The predicted molar refractivity (Wildman–Crippen MR) is 105 cm³/mol. The van der Waals surface area contributed by atoms with Gasteiger partial charge >= 0.3 is 0 Å². The number of nitrogens with zero attached hydrogens (tertiary/aromatic N) is 3. The molecular formula is C21H24N4O. The van der Waals surface area contributed by atoms with Crippen LogP contribution in [0.25, 0.3) is 22.4 Å². The number of rotatable bonds is 3. The average Bonchev–Trinajstić information content (AvgIpc) is 3.30. The molecule has 3 aromatic rings. The number of carbonyl (C=O) groups is 1. The summed E-state index contributed by atoms with van der Waals surface area (Å²) in [6, 6.07) is 8.46. The first-order valence-corrected chi connectivity index (χ1v) is 9.18. The minimum absolute atomic E-state index is 0.0691. The van der Waals surface area contributed by atoms with Crippen molar-refractivity contribution in [3.05, 3.63) is 42.2 Å². The van der Waals surface area contributed by atoms with Gasteiger partial charge in [-0.15, -0.1) is 0 Å². The number of aromatic nitrogens is 3. The van der Waals surface area contributed by atoms with Crippen LogP contribution in [0.3, 0.4) is 0 Å². The third-order valence-corrected chi connectivity index (χ3v) is 4.94. The SMILES string of the molecule is CC(C)(C)C(=O)c1c[nH]c2ncc(-c3ccc(N4CCCC4)cc3)nc12. The van der Waals surface area contributed by atoms with Gasteiger partial charge in [0.25, 0.3) is 0 Å². The van der Waals surface area contributed by atoms with Gasteiger partial charge in [0.15, 0.2) is 11.4 Å². The number of anilines is 1. The summed E-state index contributed by atoms with van der Waals surface area (Å²) < 4.78 is 0. The molecule has 0 aliphatic carbocycles. The fraction of sp³-hybridized carbons (Fsp3) is 0.381. The molecule has 0 spiro atoms. The Labute approximate surface area is 153 Å². The largest absolute Gasteiger partial charge is 0.372 e. The maximum absolute atomic E-state index is 12.7. The van der Waals surface area contributed by atoms with E-state index in [1.54, 1.807) is 12.4 Å². The van der Waals surface area contributed by atoms with Crippen LogP contribution < -0.4 is 4.90 Å². The summed E-state index contributed by atoms with van der Waals surface area (Å²) in [6.07, 6.45) is 6.01. The number of hydrogen-bond acceptors (Lipinski definition) is 4. The molecule has 4 rings (SSSR count). The number of ketones is 1. The summed E-state index contributed by atoms with van der Waals surface area (Å²) >= 11 is 0. The van der Waals surface area contributed by atoms with Crippen molar-refractivity contribution in [3.63, 3.8) is 0 Å². The standard InChI is InChI=1S/C21H24N4O/c1-21(2,3)19(26)16-12-22-20-18(16)24-17(13-23-20)14-6-8-15(9-7-14)25-10-4-5-11-25/h6-9,12-13H,4-5,10-11H2,1-3H3,(H,22,23). The minimum Gasteiger partial charge on any atom is -0.372 e.